The Morgan fingerprint density at radius 2 is 1.28 bits per heavy atom. The molecular weight excluding hydrogens is 554 g/mol. The van der Waals surface area contributed by atoms with E-state index in [4.69, 9.17) is 16.2 Å². The average molecular weight is 600 g/mol. The Morgan fingerprint density at radius 1 is 0.767 bits per heavy atom. The van der Waals surface area contributed by atoms with E-state index in [1.54, 1.807) is 39.7 Å². The molecule has 1 heterocycles. The molecule has 0 saturated heterocycles. The normalized spacial score (nSPS) is 8.42. The van der Waals surface area contributed by atoms with Gasteiger partial charge in [-0.2, -0.15) is 0 Å². The summed E-state index contributed by atoms with van der Waals surface area (Å²) in [6.45, 7) is 0.890. The van der Waals surface area contributed by atoms with Crippen LogP contribution in [-0.4, -0.2) is 76.4 Å². The topological polar surface area (TPSA) is 223 Å². The Bertz CT molecular complexity index is 1070. The third-order valence-corrected chi connectivity index (χ3v) is 4.47. The van der Waals surface area contributed by atoms with Crippen LogP contribution >= 0.6 is 0 Å². The Kier molecular flexibility index (Phi) is 25.7. The van der Waals surface area contributed by atoms with Crippen molar-refractivity contribution in [3.8, 4) is 0 Å². The highest BCUT2D eigenvalue weighted by Crippen LogP contribution is 2.00. The van der Waals surface area contributed by atoms with Crippen molar-refractivity contribution < 1.29 is 19.1 Å². The number of anilines is 1. The third kappa shape index (κ3) is 26.4. The van der Waals surface area contributed by atoms with E-state index in [1.807, 2.05) is 67.7 Å². The number of ether oxygens (including phenoxy) is 1. The van der Waals surface area contributed by atoms with Crippen molar-refractivity contribution in [3.63, 3.8) is 0 Å². The Hall–Kier alpha value is -5.60. The van der Waals surface area contributed by atoms with Gasteiger partial charge >= 0.3 is 18.2 Å². The zero-order valence-corrected chi connectivity index (χ0v) is 25.5. The predicted octanol–water partition coefficient (Wildman–Crippen LogP) is 1.61. The number of aliphatic imine (C=N–C) groups is 1. The molecule has 2 aromatic carbocycles. The zero-order valence-electron chi connectivity index (χ0n) is 25.5. The van der Waals surface area contributed by atoms with E-state index in [9.17, 15) is 14.4 Å². The molecule has 0 fully saturated rings. The molecule has 0 aliphatic carbocycles. The van der Waals surface area contributed by atoms with Gasteiger partial charge in [-0.05, 0) is 11.1 Å². The van der Waals surface area contributed by atoms with Crippen LogP contribution in [0.4, 0.5) is 20.2 Å². The highest BCUT2D eigenvalue weighted by molar-refractivity contribution is 5.75. The Labute approximate surface area is 253 Å². The molecule has 0 saturated carbocycles. The second kappa shape index (κ2) is 27.9. The number of alkyl carbamates (subject to hydrolysis) is 1. The molecule has 1 aromatic heterocycles. The van der Waals surface area contributed by atoms with Crippen LogP contribution in [0.25, 0.3) is 0 Å². The summed E-state index contributed by atoms with van der Waals surface area (Å²) >= 11 is 0. The van der Waals surface area contributed by atoms with Crippen molar-refractivity contribution in [2.45, 2.75) is 13.2 Å². The first-order valence-corrected chi connectivity index (χ1v) is 12.9. The van der Waals surface area contributed by atoms with Crippen molar-refractivity contribution in [2.75, 3.05) is 47.6 Å². The number of hydrogen-bond acceptors (Lipinski definition) is 8. The number of aromatic nitrogens is 2. The Balaban J connectivity index is 0. The van der Waals surface area contributed by atoms with Crippen LogP contribution in [0.2, 0.25) is 0 Å². The van der Waals surface area contributed by atoms with Crippen LogP contribution in [-0.2, 0) is 17.9 Å². The number of hydrogen-bond donors (Lipinski definition) is 8. The van der Waals surface area contributed by atoms with Crippen LogP contribution in [0, 0.1) is 0 Å². The van der Waals surface area contributed by atoms with Gasteiger partial charge in [0, 0.05) is 61.2 Å². The van der Waals surface area contributed by atoms with Gasteiger partial charge in [0.05, 0.1) is 6.20 Å². The van der Waals surface area contributed by atoms with E-state index in [1.165, 1.54) is 14.1 Å². The second-order valence-corrected chi connectivity index (χ2v) is 7.55. The lowest BCUT2D eigenvalue weighted by atomic mass is 10.2. The number of carbonyl (C=O) groups excluding carboxylic acids is 3. The van der Waals surface area contributed by atoms with Crippen LogP contribution < -0.4 is 43.4 Å². The first-order valence-electron chi connectivity index (χ1n) is 12.9. The van der Waals surface area contributed by atoms with E-state index < -0.39 is 6.09 Å². The average Bonchev–Trinajstić information content (AvgIpc) is 3.08. The summed E-state index contributed by atoms with van der Waals surface area (Å²) in [5.41, 5.74) is 11.7. The first-order chi connectivity index (χ1) is 20.7. The molecule has 0 aliphatic heterocycles. The highest BCUT2D eigenvalue weighted by atomic mass is 16.5. The molecule has 15 nitrogen and oxygen atoms in total. The minimum atomic E-state index is -0.404. The van der Waals surface area contributed by atoms with Crippen molar-refractivity contribution in [2.24, 2.45) is 16.5 Å². The number of rotatable bonds is 5. The SMILES string of the molecule is CN=C(N)N.CNC(=O)NC.CNC(=O)NCc1ccccc1.CNC(=O)OCc1ccccc1.CNc1cnccn1. The van der Waals surface area contributed by atoms with Crippen molar-refractivity contribution in [1.29, 1.82) is 0 Å². The lowest BCUT2D eigenvalue weighted by Crippen LogP contribution is -2.32. The lowest BCUT2D eigenvalue weighted by molar-refractivity contribution is 0.142. The highest BCUT2D eigenvalue weighted by Gasteiger charge is 1.97. The van der Waals surface area contributed by atoms with Crippen LogP contribution in [0.15, 0.2) is 84.2 Å². The lowest BCUT2D eigenvalue weighted by Gasteiger charge is -2.03. The molecular formula is C28H45N11O4. The largest absolute Gasteiger partial charge is 0.445 e. The number of nitrogens with zero attached hydrogens (tertiary/aromatic N) is 3. The zero-order chi connectivity index (χ0) is 32.7. The summed E-state index contributed by atoms with van der Waals surface area (Å²) in [5.74, 6) is 0.928. The number of carbonyl (C=O) groups is 3. The van der Waals surface area contributed by atoms with Gasteiger partial charge in [-0.15, -0.1) is 0 Å². The van der Waals surface area contributed by atoms with Crippen molar-refractivity contribution >= 4 is 29.9 Å². The van der Waals surface area contributed by atoms with Crippen molar-refractivity contribution in [1.82, 2.24) is 36.6 Å². The minimum Gasteiger partial charge on any atom is -0.445 e. The van der Waals surface area contributed by atoms with E-state index in [-0.39, 0.29) is 18.0 Å². The van der Waals surface area contributed by atoms with Gasteiger partial charge in [0.25, 0.3) is 0 Å². The van der Waals surface area contributed by atoms with Crippen LogP contribution in [0.5, 0.6) is 0 Å². The third-order valence-electron chi connectivity index (χ3n) is 4.47. The second-order valence-electron chi connectivity index (χ2n) is 7.55. The van der Waals surface area contributed by atoms with E-state index in [2.05, 4.69) is 46.9 Å². The maximum absolute atomic E-state index is 10.8. The number of nitrogens with two attached hydrogens (primary N) is 2. The number of guanidine groups is 1. The van der Waals surface area contributed by atoms with Gasteiger partial charge in [0.1, 0.15) is 12.4 Å². The molecule has 0 radical (unpaired) electrons. The molecule has 0 aliphatic rings. The van der Waals surface area contributed by atoms with Gasteiger partial charge in [0.15, 0.2) is 5.96 Å². The summed E-state index contributed by atoms with van der Waals surface area (Å²) < 4.78 is 4.83. The molecule has 43 heavy (non-hydrogen) atoms. The fraction of sp³-hybridized carbons (Fsp3) is 0.286. The summed E-state index contributed by atoms with van der Waals surface area (Å²) in [5, 5.41) is 15.1. The maximum atomic E-state index is 10.8. The molecule has 0 atom stereocenters. The monoisotopic (exact) mass is 599 g/mol. The quantitative estimate of drug-likeness (QED) is 0.157. The molecule has 3 aromatic rings. The molecule has 15 heteroatoms. The first kappa shape index (κ1) is 39.5. The molecule has 10 N–H and O–H groups in total. The molecule has 0 spiro atoms. The van der Waals surface area contributed by atoms with Gasteiger partial charge in [0.2, 0.25) is 0 Å². The van der Waals surface area contributed by atoms with Gasteiger partial charge in [-0.1, -0.05) is 60.7 Å². The fourth-order valence-electron chi connectivity index (χ4n) is 2.22. The molecule has 236 valence electrons. The van der Waals surface area contributed by atoms with Crippen LogP contribution in [0.3, 0.4) is 0 Å². The van der Waals surface area contributed by atoms with E-state index >= 15 is 0 Å². The van der Waals surface area contributed by atoms with Crippen molar-refractivity contribution in [3.05, 3.63) is 90.4 Å². The molecule has 5 amide bonds. The van der Waals surface area contributed by atoms with E-state index in [0.29, 0.717) is 13.2 Å². The summed E-state index contributed by atoms with van der Waals surface area (Å²) in [6, 6.07) is 19.0. The van der Waals surface area contributed by atoms with Gasteiger partial charge in [-0.3, -0.25) is 9.98 Å². The van der Waals surface area contributed by atoms with Gasteiger partial charge in [-0.25, -0.2) is 19.4 Å². The minimum absolute atomic E-state index is 0.130. The Morgan fingerprint density at radius 3 is 1.63 bits per heavy atom. The predicted molar refractivity (Wildman–Crippen MR) is 170 cm³/mol. The number of amides is 5. The smallest absolute Gasteiger partial charge is 0.407 e. The number of urea groups is 2. The fourth-order valence-corrected chi connectivity index (χ4v) is 2.22. The van der Waals surface area contributed by atoms with E-state index in [0.717, 1.165) is 16.9 Å². The summed E-state index contributed by atoms with van der Waals surface area (Å²) in [6.07, 6.45) is 4.55. The maximum Gasteiger partial charge on any atom is 0.407 e. The summed E-state index contributed by atoms with van der Waals surface area (Å²) in [4.78, 5) is 42.5. The molecule has 3 rings (SSSR count). The standard InChI is InChI=1S/C9H12N2O.C9H11NO2.C5H7N3.C3H8N2O.C2H7N3/c1-10-9(12)11-7-8-5-3-2-4-6-8;1-10-9(11)12-7-8-5-3-2-4-6-8;1-6-5-4-7-2-3-8-5;1-4-3(6)5-2;1-5-2(3)4/h2-6H,7H2,1H3,(H2,10,11,12);2-6H,7H2,1H3,(H,10,11);2-4H,1H3,(H,6,8);1-2H3,(H2,4,5,6);1H3,(H4,3,4,5). The van der Waals surface area contributed by atoms with Crippen LogP contribution in [0.1, 0.15) is 11.1 Å². The van der Waals surface area contributed by atoms with Gasteiger partial charge < -0.3 is 48.1 Å². The number of benzene rings is 2. The molecule has 0 unspecified atom stereocenters. The molecule has 0 bridgehead atoms. The number of nitrogens with one attached hydrogen (secondary N) is 6. The summed E-state index contributed by atoms with van der Waals surface area (Å²) in [7, 11) is 9.62.